The third-order valence-electron chi connectivity index (χ3n) is 6.27. The molecule has 0 amide bonds. The Hall–Kier alpha value is -0.530. The Balaban J connectivity index is 1.60. The monoisotopic (exact) mass is 350 g/mol. The van der Waals surface area contributed by atoms with Crippen molar-refractivity contribution >= 4 is 5.97 Å². The molecule has 0 radical (unpaired) electrons. The van der Waals surface area contributed by atoms with Crippen molar-refractivity contribution in [3.8, 4) is 0 Å². The molecule has 1 aliphatic heterocycles. The lowest BCUT2D eigenvalue weighted by atomic mass is 9.87. The van der Waals surface area contributed by atoms with Crippen molar-refractivity contribution in [2.45, 2.75) is 135 Å². The molecule has 2 heteroatoms. The number of rotatable bonds is 0. The quantitative estimate of drug-likeness (QED) is 0.427. The predicted octanol–water partition coefficient (Wildman–Crippen LogP) is 7.34. The number of hydrogen-bond donors (Lipinski definition) is 0. The van der Waals surface area contributed by atoms with Crippen LogP contribution >= 0.6 is 0 Å². The van der Waals surface area contributed by atoms with Gasteiger partial charge in [-0.3, -0.25) is 4.79 Å². The van der Waals surface area contributed by atoms with E-state index < -0.39 is 0 Å². The van der Waals surface area contributed by atoms with Crippen molar-refractivity contribution in [1.82, 2.24) is 0 Å². The molecule has 2 rings (SSSR count). The van der Waals surface area contributed by atoms with Gasteiger partial charge in [0.1, 0.15) is 6.10 Å². The minimum absolute atomic E-state index is 0.0828. The van der Waals surface area contributed by atoms with E-state index in [4.69, 9.17) is 4.74 Å². The van der Waals surface area contributed by atoms with Crippen LogP contribution in [0.2, 0.25) is 0 Å². The molecule has 0 N–H and O–H groups in total. The second-order valence-electron chi connectivity index (χ2n) is 8.52. The van der Waals surface area contributed by atoms with Gasteiger partial charge in [0.05, 0.1) is 5.92 Å². The van der Waals surface area contributed by atoms with E-state index in [2.05, 4.69) is 0 Å². The van der Waals surface area contributed by atoms with E-state index in [1.54, 1.807) is 0 Å². The van der Waals surface area contributed by atoms with E-state index in [0.29, 0.717) is 0 Å². The van der Waals surface area contributed by atoms with E-state index in [1.165, 1.54) is 116 Å². The van der Waals surface area contributed by atoms with Crippen LogP contribution in [-0.2, 0) is 9.53 Å². The van der Waals surface area contributed by atoms with Crippen LogP contribution in [-0.4, -0.2) is 12.1 Å². The summed E-state index contributed by atoms with van der Waals surface area (Å²) in [6, 6.07) is 0. The fraction of sp³-hybridized carbons (Fsp3) is 0.957. The highest BCUT2D eigenvalue weighted by Gasteiger charge is 2.40. The third kappa shape index (κ3) is 9.11. The molecule has 0 aromatic carbocycles. The summed E-state index contributed by atoms with van der Waals surface area (Å²) in [7, 11) is 0. The van der Waals surface area contributed by atoms with Gasteiger partial charge >= 0.3 is 5.97 Å². The van der Waals surface area contributed by atoms with Gasteiger partial charge in [-0.05, 0) is 19.3 Å². The number of esters is 1. The van der Waals surface area contributed by atoms with Crippen molar-refractivity contribution < 1.29 is 9.53 Å². The highest BCUT2D eigenvalue weighted by Crippen LogP contribution is 2.31. The number of carbonyl (C=O) groups is 1. The molecule has 1 saturated heterocycles. The molecule has 0 spiro atoms. The van der Waals surface area contributed by atoms with Crippen LogP contribution < -0.4 is 0 Å². The molecule has 0 bridgehead atoms. The average Bonchev–Trinajstić information content (AvgIpc) is 2.61. The first-order chi connectivity index (χ1) is 12.4. The number of carbonyl (C=O) groups excluding carboxylic acids is 1. The van der Waals surface area contributed by atoms with Gasteiger partial charge < -0.3 is 4.74 Å². The van der Waals surface area contributed by atoms with Gasteiger partial charge in [0.2, 0.25) is 0 Å². The Morgan fingerprint density at radius 3 is 1.16 bits per heavy atom. The van der Waals surface area contributed by atoms with Gasteiger partial charge in [0.15, 0.2) is 0 Å². The minimum Gasteiger partial charge on any atom is -0.461 e. The summed E-state index contributed by atoms with van der Waals surface area (Å²) < 4.78 is 5.40. The fourth-order valence-electron chi connectivity index (χ4n) is 4.50. The minimum atomic E-state index is 0.0828. The molecule has 2 fully saturated rings. The standard InChI is InChI=1S/C23H42O2/c24-23-21-19-17-15-13-11-9-7-5-3-1-2-4-6-8-10-12-14-16-18-20-22(21)25-23/h21-22H,1-20H2. The molecule has 1 heterocycles. The first kappa shape index (κ1) is 20.8. The Bertz CT molecular complexity index is 339. The summed E-state index contributed by atoms with van der Waals surface area (Å²) in [5.74, 6) is 0.317. The predicted molar refractivity (Wildman–Crippen MR) is 106 cm³/mol. The van der Waals surface area contributed by atoms with Crippen molar-refractivity contribution in [1.29, 1.82) is 0 Å². The summed E-state index contributed by atoms with van der Waals surface area (Å²) in [6.07, 6.45) is 27.4. The van der Waals surface area contributed by atoms with Gasteiger partial charge in [0, 0.05) is 0 Å². The second kappa shape index (κ2) is 13.6. The Morgan fingerprint density at radius 1 is 0.480 bits per heavy atom. The molecular weight excluding hydrogens is 308 g/mol. The van der Waals surface area contributed by atoms with Gasteiger partial charge in [-0.2, -0.15) is 0 Å². The van der Waals surface area contributed by atoms with Crippen LogP contribution in [0.4, 0.5) is 0 Å². The maximum Gasteiger partial charge on any atom is 0.313 e. The largest absolute Gasteiger partial charge is 0.461 e. The van der Waals surface area contributed by atoms with Gasteiger partial charge in [-0.1, -0.05) is 109 Å². The summed E-state index contributed by atoms with van der Waals surface area (Å²) in [6.45, 7) is 0. The van der Waals surface area contributed by atoms with Gasteiger partial charge in [-0.25, -0.2) is 0 Å². The molecule has 0 aromatic heterocycles. The lowest BCUT2D eigenvalue weighted by molar-refractivity contribution is -0.186. The van der Waals surface area contributed by atoms with E-state index in [9.17, 15) is 4.79 Å². The molecule has 2 atom stereocenters. The molecule has 25 heavy (non-hydrogen) atoms. The molecule has 1 saturated carbocycles. The Morgan fingerprint density at radius 2 is 0.800 bits per heavy atom. The van der Waals surface area contributed by atoms with Crippen LogP contribution in [0.25, 0.3) is 0 Å². The number of hydrogen-bond acceptors (Lipinski definition) is 2. The van der Waals surface area contributed by atoms with Gasteiger partial charge in [0.25, 0.3) is 0 Å². The summed E-state index contributed by atoms with van der Waals surface area (Å²) in [5.41, 5.74) is 0. The zero-order valence-electron chi connectivity index (χ0n) is 16.6. The normalized spacial score (nSPS) is 30.0. The van der Waals surface area contributed by atoms with Crippen LogP contribution in [0.3, 0.4) is 0 Å². The SMILES string of the molecule is O=C1OC2CCCCCCCCCCCCCCCCCCCCC12. The smallest absolute Gasteiger partial charge is 0.313 e. The maximum absolute atomic E-state index is 11.7. The molecule has 1 aliphatic carbocycles. The van der Waals surface area contributed by atoms with E-state index in [1.807, 2.05) is 0 Å². The third-order valence-corrected chi connectivity index (χ3v) is 6.27. The molecule has 0 aromatic rings. The van der Waals surface area contributed by atoms with Crippen molar-refractivity contribution in [2.75, 3.05) is 0 Å². The summed E-state index contributed by atoms with van der Waals surface area (Å²) in [4.78, 5) is 11.7. The first-order valence-corrected chi connectivity index (χ1v) is 11.6. The van der Waals surface area contributed by atoms with E-state index in [0.717, 1.165) is 12.8 Å². The lowest BCUT2D eigenvalue weighted by Gasteiger charge is -2.35. The zero-order chi connectivity index (χ0) is 17.6. The van der Waals surface area contributed by atoms with Crippen molar-refractivity contribution in [2.24, 2.45) is 5.92 Å². The summed E-state index contributed by atoms with van der Waals surface area (Å²) >= 11 is 0. The van der Waals surface area contributed by atoms with Crippen molar-refractivity contribution in [3.05, 3.63) is 0 Å². The Labute approximate surface area is 156 Å². The second-order valence-corrected chi connectivity index (χ2v) is 8.52. The fourth-order valence-corrected chi connectivity index (χ4v) is 4.50. The number of ether oxygens (including phenoxy) is 1. The van der Waals surface area contributed by atoms with Crippen LogP contribution in [0, 0.1) is 5.92 Å². The summed E-state index contributed by atoms with van der Waals surface area (Å²) in [5, 5.41) is 0. The topological polar surface area (TPSA) is 26.3 Å². The molecule has 146 valence electrons. The Kier molecular flexibility index (Phi) is 11.3. The van der Waals surface area contributed by atoms with E-state index >= 15 is 0 Å². The highest BCUT2D eigenvalue weighted by atomic mass is 16.6. The van der Waals surface area contributed by atoms with Crippen LogP contribution in [0.5, 0.6) is 0 Å². The molecule has 2 aliphatic rings. The first-order valence-electron chi connectivity index (χ1n) is 11.6. The molecule has 2 unspecified atom stereocenters. The zero-order valence-corrected chi connectivity index (χ0v) is 16.6. The van der Waals surface area contributed by atoms with E-state index in [-0.39, 0.29) is 18.0 Å². The van der Waals surface area contributed by atoms with Crippen molar-refractivity contribution in [3.63, 3.8) is 0 Å². The number of fused-ring (bicyclic) bond motifs is 1. The van der Waals surface area contributed by atoms with Crippen LogP contribution in [0.15, 0.2) is 0 Å². The molecule has 2 nitrogen and oxygen atoms in total. The lowest BCUT2D eigenvalue weighted by Crippen LogP contribution is -2.44. The molecular formula is C23H42O2. The van der Waals surface area contributed by atoms with Crippen LogP contribution in [0.1, 0.15) is 128 Å². The van der Waals surface area contributed by atoms with Gasteiger partial charge in [-0.15, -0.1) is 0 Å². The average molecular weight is 351 g/mol. The maximum atomic E-state index is 11.7. The highest BCUT2D eigenvalue weighted by molar-refractivity contribution is 5.78.